The van der Waals surface area contributed by atoms with Crippen molar-refractivity contribution in [3.05, 3.63) is 76.7 Å². The standard InChI is InChI=1S/C26H27NO5/c1-17-23(27-26(32-17)20-10-8-18(16-28)9-11-20)14-15-31-24-7-3-5-21-19(12-13-25(29)30)4-2-6-22(21)24/h3-5,7-11,28H,2,6,12-16H2,1H3,(H,29,30). The van der Waals surface area contributed by atoms with E-state index >= 15 is 0 Å². The van der Waals surface area contributed by atoms with Crippen molar-refractivity contribution < 1.29 is 24.2 Å². The molecular formula is C26H27NO5. The lowest BCUT2D eigenvalue weighted by atomic mass is 9.88. The van der Waals surface area contributed by atoms with E-state index in [1.165, 1.54) is 0 Å². The first-order chi connectivity index (χ1) is 15.5. The van der Waals surface area contributed by atoms with Gasteiger partial charge in [-0.2, -0.15) is 0 Å². The first-order valence-corrected chi connectivity index (χ1v) is 10.9. The van der Waals surface area contributed by atoms with E-state index in [9.17, 15) is 9.90 Å². The number of benzene rings is 2. The third-order valence-electron chi connectivity index (χ3n) is 5.74. The smallest absolute Gasteiger partial charge is 0.303 e. The van der Waals surface area contributed by atoms with Crippen LogP contribution in [0.4, 0.5) is 0 Å². The van der Waals surface area contributed by atoms with Crippen LogP contribution in [0.15, 0.2) is 53.0 Å². The van der Waals surface area contributed by atoms with Crippen molar-refractivity contribution >= 4 is 11.5 Å². The Bertz CT molecular complexity index is 1130. The first kappa shape index (κ1) is 21.8. The fourth-order valence-corrected chi connectivity index (χ4v) is 4.03. The van der Waals surface area contributed by atoms with Gasteiger partial charge in [-0.15, -0.1) is 0 Å². The summed E-state index contributed by atoms with van der Waals surface area (Å²) in [6.45, 7) is 2.38. The number of oxazole rings is 1. The Morgan fingerprint density at radius 3 is 2.72 bits per heavy atom. The average Bonchev–Trinajstić information content (AvgIpc) is 3.18. The summed E-state index contributed by atoms with van der Waals surface area (Å²) < 4.78 is 12.0. The predicted octanol–water partition coefficient (Wildman–Crippen LogP) is 4.96. The molecule has 1 heterocycles. The monoisotopic (exact) mass is 433 g/mol. The quantitative estimate of drug-likeness (QED) is 0.496. The number of aliphatic hydroxyl groups is 1. The van der Waals surface area contributed by atoms with Crippen LogP contribution in [0.3, 0.4) is 0 Å². The van der Waals surface area contributed by atoms with Crippen molar-refractivity contribution in [2.75, 3.05) is 6.61 Å². The molecule has 2 aromatic carbocycles. The molecule has 1 aromatic heterocycles. The molecule has 0 radical (unpaired) electrons. The number of hydrogen-bond donors (Lipinski definition) is 2. The van der Waals surface area contributed by atoms with E-state index in [1.807, 2.05) is 49.4 Å². The van der Waals surface area contributed by atoms with Gasteiger partial charge in [0.15, 0.2) is 0 Å². The summed E-state index contributed by atoms with van der Waals surface area (Å²) in [6.07, 6.45) is 5.21. The van der Waals surface area contributed by atoms with E-state index in [0.717, 1.165) is 57.9 Å². The van der Waals surface area contributed by atoms with Crippen LogP contribution in [0.25, 0.3) is 17.0 Å². The van der Waals surface area contributed by atoms with Crippen LogP contribution < -0.4 is 4.74 Å². The minimum Gasteiger partial charge on any atom is -0.493 e. The van der Waals surface area contributed by atoms with Gasteiger partial charge in [-0.05, 0) is 61.1 Å². The number of aryl methyl sites for hydroxylation is 1. The lowest BCUT2D eigenvalue weighted by Crippen LogP contribution is -2.08. The van der Waals surface area contributed by atoms with Crippen molar-refractivity contribution in [3.63, 3.8) is 0 Å². The molecule has 0 aliphatic heterocycles. The molecule has 6 heteroatoms. The number of carboxylic acid groups (broad SMARTS) is 1. The van der Waals surface area contributed by atoms with Gasteiger partial charge in [-0.25, -0.2) is 4.98 Å². The lowest BCUT2D eigenvalue weighted by molar-refractivity contribution is -0.136. The number of ether oxygens (including phenoxy) is 1. The summed E-state index contributed by atoms with van der Waals surface area (Å²) in [4.78, 5) is 15.6. The molecule has 6 nitrogen and oxygen atoms in total. The summed E-state index contributed by atoms with van der Waals surface area (Å²) in [5.41, 5.74) is 5.91. The van der Waals surface area contributed by atoms with Crippen molar-refractivity contribution in [1.29, 1.82) is 0 Å². The highest BCUT2D eigenvalue weighted by Crippen LogP contribution is 2.35. The van der Waals surface area contributed by atoms with E-state index in [0.29, 0.717) is 25.3 Å². The predicted molar refractivity (Wildman–Crippen MR) is 121 cm³/mol. The van der Waals surface area contributed by atoms with Crippen molar-refractivity contribution in [2.45, 2.75) is 45.6 Å². The Morgan fingerprint density at radius 2 is 1.97 bits per heavy atom. The summed E-state index contributed by atoms with van der Waals surface area (Å²) in [5, 5.41) is 18.2. The number of aliphatic carboxylic acids is 1. The molecule has 0 saturated heterocycles. The zero-order valence-electron chi connectivity index (χ0n) is 18.1. The van der Waals surface area contributed by atoms with Crippen LogP contribution >= 0.6 is 0 Å². The molecule has 1 aliphatic carbocycles. The first-order valence-electron chi connectivity index (χ1n) is 10.9. The van der Waals surface area contributed by atoms with Gasteiger partial charge >= 0.3 is 5.97 Å². The number of aliphatic hydroxyl groups excluding tert-OH is 1. The van der Waals surface area contributed by atoms with Gasteiger partial charge < -0.3 is 19.4 Å². The van der Waals surface area contributed by atoms with Gasteiger partial charge in [-0.3, -0.25) is 4.79 Å². The van der Waals surface area contributed by atoms with Crippen LogP contribution in [0.5, 0.6) is 5.75 Å². The highest BCUT2D eigenvalue weighted by Gasteiger charge is 2.18. The summed E-state index contributed by atoms with van der Waals surface area (Å²) in [7, 11) is 0. The molecule has 0 spiro atoms. The number of carbonyl (C=O) groups is 1. The molecule has 0 saturated carbocycles. The van der Waals surface area contributed by atoms with Gasteiger partial charge in [0.2, 0.25) is 5.89 Å². The molecule has 0 unspecified atom stereocenters. The molecule has 166 valence electrons. The third-order valence-corrected chi connectivity index (χ3v) is 5.74. The lowest BCUT2D eigenvalue weighted by Gasteiger charge is -2.20. The minimum absolute atomic E-state index is 0.00745. The average molecular weight is 434 g/mol. The number of nitrogens with zero attached hydrogens (tertiary/aromatic N) is 1. The number of carboxylic acids is 1. The Hall–Kier alpha value is -3.38. The largest absolute Gasteiger partial charge is 0.493 e. The van der Waals surface area contributed by atoms with E-state index in [1.54, 1.807) is 0 Å². The van der Waals surface area contributed by atoms with Gasteiger partial charge in [0.1, 0.15) is 11.5 Å². The van der Waals surface area contributed by atoms with Gasteiger partial charge in [0.25, 0.3) is 0 Å². The topological polar surface area (TPSA) is 92.8 Å². The van der Waals surface area contributed by atoms with Crippen LogP contribution in [0.2, 0.25) is 0 Å². The van der Waals surface area contributed by atoms with Crippen molar-refractivity contribution in [3.8, 4) is 17.2 Å². The molecule has 2 N–H and O–H groups in total. The van der Waals surface area contributed by atoms with E-state index < -0.39 is 5.97 Å². The van der Waals surface area contributed by atoms with Crippen molar-refractivity contribution in [1.82, 2.24) is 4.98 Å². The molecule has 0 amide bonds. The molecule has 1 aliphatic rings. The fraction of sp³-hybridized carbons (Fsp3) is 0.308. The van der Waals surface area contributed by atoms with Gasteiger partial charge in [-0.1, -0.05) is 30.3 Å². The van der Waals surface area contributed by atoms with Gasteiger partial charge in [0, 0.05) is 24.0 Å². The second-order valence-electron chi connectivity index (χ2n) is 7.92. The second-order valence-corrected chi connectivity index (χ2v) is 7.92. The molecular weight excluding hydrogens is 406 g/mol. The maximum absolute atomic E-state index is 11.0. The SMILES string of the molecule is Cc1oc(-c2ccc(CO)cc2)nc1CCOc1cccc2c1CCC=C2CCC(=O)O. The summed E-state index contributed by atoms with van der Waals surface area (Å²) in [6, 6.07) is 13.5. The Morgan fingerprint density at radius 1 is 1.16 bits per heavy atom. The van der Waals surface area contributed by atoms with Crippen LogP contribution in [0.1, 0.15) is 47.4 Å². The minimum atomic E-state index is -0.780. The molecule has 0 bridgehead atoms. The molecule has 4 rings (SSSR count). The highest BCUT2D eigenvalue weighted by molar-refractivity contribution is 5.76. The zero-order chi connectivity index (χ0) is 22.5. The van der Waals surface area contributed by atoms with Crippen LogP contribution in [-0.2, 0) is 24.2 Å². The van der Waals surface area contributed by atoms with E-state index in [4.69, 9.17) is 14.3 Å². The second kappa shape index (κ2) is 9.83. The number of rotatable bonds is 9. The number of aromatic nitrogens is 1. The van der Waals surface area contributed by atoms with E-state index in [2.05, 4.69) is 11.1 Å². The van der Waals surface area contributed by atoms with E-state index in [-0.39, 0.29) is 13.0 Å². The number of allylic oxidation sites excluding steroid dienone is 2. The summed E-state index contributed by atoms with van der Waals surface area (Å²) in [5.74, 6) is 1.40. The van der Waals surface area contributed by atoms with Gasteiger partial charge in [0.05, 0.1) is 18.9 Å². The molecule has 0 atom stereocenters. The normalized spacial score (nSPS) is 12.9. The Labute approximate surface area is 187 Å². The van der Waals surface area contributed by atoms with Crippen molar-refractivity contribution in [2.24, 2.45) is 0 Å². The third kappa shape index (κ3) is 4.92. The number of hydrogen-bond acceptors (Lipinski definition) is 5. The summed E-state index contributed by atoms with van der Waals surface area (Å²) >= 11 is 0. The van der Waals surface area contributed by atoms with Crippen LogP contribution in [0, 0.1) is 6.92 Å². The zero-order valence-corrected chi connectivity index (χ0v) is 18.1. The Kier molecular flexibility index (Phi) is 6.71. The molecule has 3 aromatic rings. The maximum atomic E-state index is 11.0. The fourth-order valence-electron chi connectivity index (χ4n) is 4.03. The Balaban J connectivity index is 1.42. The molecule has 0 fully saturated rings. The maximum Gasteiger partial charge on any atom is 0.303 e. The number of fused-ring (bicyclic) bond motifs is 1. The van der Waals surface area contributed by atoms with Crippen LogP contribution in [-0.4, -0.2) is 27.8 Å². The highest BCUT2D eigenvalue weighted by atomic mass is 16.5. The molecule has 32 heavy (non-hydrogen) atoms.